The van der Waals surface area contributed by atoms with E-state index in [0.717, 1.165) is 6.20 Å². The van der Waals surface area contributed by atoms with Crippen molar-refractivity contribution < 1.29 is 14.2 Å². The van der Waals surface area contributed by atoms with Crippen LogP contribution in [0, 0.1) is 17.1 Å². The van der Waals surface area contributed by atoms with Crippen LogP contribution in [0.4, 0.5) is 27.5 Å². The van der Waals surface area contributed by atoms with Gasteiger partial charge in [-0.1, -0.05) is 6.07 Å². The maximum absolute atomic E-state index is 14.0. The molecule has 0 fully saturated rings. The van der Waals surface area contributed by atoms with Gasteiger partial charge in [-0.15, -0.1) is 0 Å². The Kier molecular flexibility index (Phi) is 4.80. The molecular formula is C18H14FN5O2. The Labute approximate surface area is 148 Å². The van der Waals surface area contributed by atoms with Gasteiger partial charge in [0.2, 0.25) is 5.95 Å². The second kappa shape index (κ2) is 7.36. The summed E-state index contributed by atoms with van der Waals surface area (Å²) >= 11 is 0. The molecule has 2 aromatic carbocycles. The molecule has 8 heteroatoms. The number of nitrogens with one attached hydrogen (secondary N) is 2. The summed E-state index contributed by atoms with van der Waals surface area (Å²) in [7, 11) is 1.47. The number of phenolic OH excluding ortho intramolecular Hbond substituents is 1. The van der Waals surface area contributed by atoms with Crippen LogP contribution < -0.4 is 15.4 Å². The summed E-state index contributed by atoms with van der Waals surface area (Å²) in [4.78, 5) is 8.00. The van der Waals surface area contributed by atoms with Crippen LogP contribution in [0.1, 0.15) is 5.56 Å². The SMILES string of the molecule is COc1cc(C#N)ccc1Nc1ncc(F)c(Nc2cccc(O)c2)n1. The van der Waals surface area contributed by atoms with E-state index in [1.165, 1.54) is 19.2 Å². The van der Waals surface area contributed by atoms with Crippen molar-refractivity contribution in [2.24, 2.45) is 0 Å². The summed E-state index contributed by atoms with van der Waals surface area (Å²) < 4.78 is 19.2. The summed E-state index contributed by atoms with van der Waals surface area (Å²) in [6.07, 6.45) is 1.02. The average Bonchev–Trinajstić information content (AvgIpc) is 2.65. The Bertz CT molecular complexity index is 988. The Morgan fingerprint density at radius 2 is 2.04 bits per heavy atom. The highest BCUT2D eigenvalue weighted by Gasteiger charge is 2.11. The zero-order valence-electron chi connectivity index (χ0n) is 13.7. The number of rotatable bonds is 5. The standard InChI is InChI=1S/C18H14FN5O2/c1-26-16-7-11(9-20)5-6-15(16)23-18-21-10-14(19)17(24-18)22-12-3-2-4-13(25)8-12/h2-8,10,25H,1H3,(H2,21,22,23,24). The summed E-state index contributed by atoms with van der Waals surface area (Å²) in [5, 5.41) is 24.2. The first-order valence-electron chi connectivity index (χ1n) is 7.53. The maximum Gasteiger partial charge on any atom is 0.229 e. The summed E-state index contributed by atoms with van der Waals surface area (Å²) in [5.74, 6) is -0.0898. The lowest BCUT2D eigenvalue weighted by molar-refractivity contribution is 0.416. The Balaban J connectivity index is 1.87. The lowest BCUT2D eigenvalue weighted by atomic mass is 10.2. The molecule has 3 rings (SSSR count). The van der Waals surface area contributed by atoms with E-state index in [1.807, 2.05) is 6.07 Å². The van der Waals surface area contributed by atoms with E-state index in [9.17, 15) is 9.50 Å². The van der Waals surface area contributed by atoms with Gasteiger partial charge < -0.3 is 20.5 Å². The van der Waals surface area contributed by atoms with Gasteiger partial charge in [-0.25, -0.2) is 9.37 Å². The maximum atomic E-state index is 14.0. The first kappa shape index (κ1) is 17.0. The molecule has 0 unspecified atom stereocenters. The van der Waals surface area contributed by atoms with E-state index in [4.69, 9.17) is 10.00 Å². The summed E-state index contributed by atoms with van der Waals surface area (Å²) in [5.41, 5.74) is 1.45. The van der Waals surface area contributed by atoms with Gasteiger partial charge in [0.25, 0.3) is 0 Å². The van der Waals surface area contributed by atoms with Crippen molar-refractivity contribution in [3.8, 4) is 17.6 Å². The van der Waals surface area contributed by atoms with E-state index in [-0.39, 0.29) is 17.5 Å². The quantitative estimate of drug-likeness (QED) is 0.644. The minimum absolute atomic E-state index is 0.0464. The number of hydrogen-bond acceptors (Lipinski definition) is 7. The number of nitriles is 1. The number of ether oxygens (including phenoxy) is 1. The summed E-state index contributed by atoms with van der Waals surface area (Å²) in [6.45, 7) is 0. The zero-order chi connectivity index (χ0) is 18.5. The monoisotopic (exact) mass is 351 g/mol. The van der Waals surface area contributed by atoms with Crippen LogP contribution in [-0.4, -0.2) is 22.2 Å². The minimum Gasteiger partial charge on any atom is -0.508 e. The Morgan fingerprint density at radius 3 is 2.77 bits per heavy atom. The van der Waals surface area contributed by atoms with Crippen molar-refractivity contribution in [3.05, 3.63) is 60.0 Å². The largest absolute Gasteiger partial charge is 0.508 e. The van der Waals surface area contributed by atoms with E-state index in [1.54, 1.807) is 30.3 Å². The molecule has 1 aromatic heterocycles. The van der Waals surface area contributed by atoms with Crippen molar-refractivity contribution in [3.63, 3.8) is 0 Å². The van der Waals surface area contributed by atoms with Gasteiger partial charge in [0.15, 0.2) is 11.6 Å². The lowest BCUT2D eigenvalue weighted by Crippen LogP contribution is -2.04. The molecule has 3 aromatic rings. The topological polar surface area (TPSA) is 103 Å². The van der Waals surface area contributed by atoms with E-state index < -0.39 is 5.82 Å². The van der Waals surface area contributed by atoms with Crippen molar-refractivity contribution in [2.45, 2.75) is 0 Å². The lowest BCUT2D eigenvalue weighted by Gasteiger charge is -2.12. The van der Waals surface area contributed by atoms with Crippen molar-refractivity contribution in [1.82, 2.24) is 9.97 Å². The van der Waals surface area contributed by atoms with Crippen molar-refractivity contribution in [1.29, 1.82) is 5.26 Å². The van der Waals surface area contributed by atoms with E-state index in [0.29, 0.717) is 22.7 Å². The van der Waals surface area contributed by atoms with Crippen LogP contribution in [0.15, 0.2) is 48.7 Å². The number of aromatic nitrogens is 2. The van der Waals surface area contributed by atoms with Gasteiger partial charge in [0, 0.05) is 17.8 Å². The highest BCUT2D eigenvalue weighted by Crippen LogP contribution is 2.28. The third-order valence-electron chi connectivity index (χ3n) is 3.43. The van der Waals surface area contributed by atoms with Crippen LogP contribution in [0.5, 0.6) is 11.5 Å². The second-order valence-electron chi connectivity index (χ2n) is 5.22. The molecule has 0 bridgehead atoms. The molecule has 3 N–H and O–H groups in total. The summed E-state index contributed by atoms with van der Waals surface area (Å²) in [6, 6.07) is 13.1. The molecule has 0 aliphatic carbocycles. The first-order chi connectivity index (χ1) is 12.6. The van der Waals surface area contributed by atoms with Gasteiger partial charge in [-0.05, 0) is 24.3 Å². The van der Waals surface area contributed by atoms with Crippen LogP contribution >= 0.6 is 0 Å². The number of methoxy groups -OCH3 is 1. The molecule has 0 spiro atoms. The molecule has 0 saturated carbocycles. The molecular weight excluding hydrogens is 337 g/mol. The number of benzene rings is 2. The third-order valence-corrected chi connectivity index (χ3v) is 3.43. The molecule has 7 nitrogen and oxygen atoms in total. The van der Waals surface area contributed by atoms with Crippen LogP contribution in [0.25, 0.3) is 0 Å². The number of halogens is 1. The number of aromatic hydroxyl groups is 1. The second-order valence-corrected chi connectivity index (χ2v) is 5.22. The average molecular weight is 351 g/mol. The number of nitrogens with zero attached hydrogens (tertiary/aromatic N) is 3. The Morgan fingerprint density at radius 1 is 1.19 bits per heavy atom. The highest BCUT2D eigenvalue weighted by atomic mass is 19.1. The predicted molar refractivity (Wildman–Crippen MR) is 94.4 cm³/mol. The molecule has 0 aliphatic heterocycles. The molecule has 0 saturated heterocycles. The van der Waals surface area contributed by atoms with E-state index >= 15 is 0 Å². The van der Waals surface area contributed by atoms with Crippen molar-refractivity contribution in [2.75, 3.05) is 17.7 Å². The fraction of sp³-hybridized carbons (Fsp3) is 0.0556. The molecule has 1 heterocycles. The zero-order valence-corrected chi connectivity index (χ0v) is 13.7. The fourth-order valence-corrected chi connectivity index (χ4v) is 2.22. The van der Waals surface area contributed by atoms with Gasteiger partial charge in [0.1, 0.15) is 11.5 Å². The van der Waals surface area contributed by atoms with Gasteiger partial charge in [0.05, 0.1) is 30.6 Å². The first-order valence-corrected chi connectivity index (χ1v) is 7.53. The molecule has 130 valence electrons. The molecule has 0 radical (unpaired) electrons. The van der Waals surface area contributed by atoms with Gasteiger partial charge in [-0.3, -0.25) is 0 Å². The van der Waals surface area contributed by atoms with Gasteiger partial charge >= 0.3 is 0 Å². The van der Waals surface area contributed by atoms with Crippen molar-refractivity contribution >= 4 is 23.1 Å². The highest BCUT2D eigenvalue weighted by molar-refractivity contribution is 5.66. The predicted octanol–water partition coefficient (Wildman–Crippen LogP) is 3.69. The normalized spacial score (nSPS) is 10.0. The molecule has 0 aliphatic rings. The van der Waals surface area contributed by atoms with E-state index in [2.05, 4.69) is 20.6 Å². The number of phenols is 1. The third kappa shape index (κ3) is 3.79. The minimum atomic E-state index is -0.648. The van der Waals surface area contributed by atoms with Gasteiger partial charge in [-0.2, -0.15) is 10.2 Å². The van der Waals surface area contributed by atoms with Crippen LogP contribution in [0.2, 0.25) is 0 Å². The smallest absolute Gasteiger partial charge is 0.229 e. The molecule has 0 atom stereocenters. The van der Waals surface area contributed by atoms with Crippen LogP contribution in [-0.2, 0) is 0 Å². The number of hydrogen-bond donors (Lipinski definition) is 3. The molecule has 26 heavy (non-hydrogen) atoms. The fourth-order valence-electron chi connectivity index (χ4n) is 2.22. The number of anilines is 4. The van der Waals surface area contributed by atoms with Crippen LogP contribution in [0.3, 0.4) is 0 Å². The molecule has 0 amide bonds. The Hall–Kier alpha value is -3.86.